The molecule has 0 aromatic heterocycles. The Labute approximate surface area is 80.0 Å². The molecule has 0 saturated carbocycles. The summed E-state index contributed by atoms with van der Waals surface area (Å²) in [7, 11) is 1.68. The van der Waals surface area contributed by atoms with E-state index in [4.69, 9.17) is 4.74 Å². The maximum Gasteiger partial charge on any atom is 0.119 e. The number of hydrogen-bond donors (Lipinski definition) is 0. The van der Waals surface area contributed by atoms with Crippen molar-refractivity contribution in [3.05, 3.63) is 42.5 Å². The third-order valence-corrected chi connectivity index (χ3v) is 2.32. The van der Waals surface area contributed by atoms with Crippen molar-refractivity contribution in [2.45, 2.75) is 19.3 Å². The van der Waals surface area contributed by atoms with E-state index < -0.39 is 0 Å². The molecule has 0 unspecified atom stereocenters. The highest BCUT2D eigenvalue weighted by Crippen LogP contribution is 2.26. The van der Waals surface area contributed by atoms with Gasteiger partial charge in [-0.15, -0.1) is 6.58 Å². The van der Waals surface area contributed by atoms with Crippen LogP contribution in [0.1, 0.15) is 19.4 Å². The van der Waals surface area contributed by atoms with Gasteiger partial charge in [-0.3, -0.25) is 0 Å². The average Bonchev–Trinajstić information content (AvgIpc) is 2.18. The Hall–Kier alpha value is -1.24. The third kappa shape index (κ3) is 2.11. The summed E-state index contributed by atoms with van der Waals surface area (Å²) in [5, 5.41) is 0. The molecule has 13 heavy (non-hydrogen) atoms. The molecule has 1 aromatic rings. The van der Waals surface area contributed by atoms with Crippen LogP contribution in [0.25, 0.3) is 0 Å². The highest BCUT2D eigenvalue weighted by atomic mass is 16.5. The molecular formula is C12H16O. The lowest BCUT2D eigenvalue weighted by molar-refractivity contribution is 0.413. The molecule has 0 aliphatic carbocycles. The second-order valence-corrected chi connectivity index (χ2v) is 3.66. The lowest BCUT2D eigenvalue weighted by Gasteiger charge is -2.20. The summed E-state index contributed by atoms with van der Waals surface area (Å²) in [5.41, 5.74) is 1.23. The van der Waals surface area contributed by atoms with E-state index in [1.54, 1.807) is 7.11 Å². The van der Waals surface area contributed by atoms with Gasteiger partial charge in [-0.2, -0.15) is 0 Å². The number of methoxy groups -OCH3 is 1. The normalized spacial score (nSPS) is 11.0. The molecule has 0 bridgehead atoms. The molecule has 0 fully saturated rings. The summed E-state index contributed by atoms with van der Waals surface area (Å²) in [5.74, 6) is 0.896. The first-order valence-corrected chi connectivity index (χ1v) is 4.38. The number of ether oxygens (including phenoxy) is 1. The minimum absolute atomic E-state index is 0.00847. The van der Waals surface area contributed by atoms with Gasteiger partial charge in [-0.05, 0) is 17.7 Å². The Bertz CT molecular complexity index is 300. The summed E-state index contributed by atoms with van der Waals surface area (Å²) in [6.07, 6.45) is 1.95. The Morgan fingerprint density at radius 3 is 2.62 bits per heavy atom. The average molecular weight is 176 g/mol. The first-order chi connectivity index (χ1) is 6.10. The summed E-state index contributed by atoms with van der Waals surface area (Å²) >= 11 is 0. The zero-order chi connectivity index (χ0) is 9.90. The molecule has 0 saturated heterocycles. The van der Waals surface area contributed by atoms with Gasteiger partial charge < -0.3 is 4.74 Å². The summed E-state index contributed by atoms with van der Waals surface area (Å²) in [6.45, 7) is 8.09. The van der Waals surface area contributed by atoms with E-state index in [1.807, 2.05) is 24.3 Å². The van der Waals surface area contributed by atoms with Gasteiger partial charge in [-0.1, -0.05) is 32.1 Å². The predicted molar refractivity (Wildman–Crippen MR) is 56.2 cm³/mol. The van der Waals surface area contributed by atoms with Gasteiger partial charge >= 0.3 is 0 Å². The van der Waals surface area contributed by atoms with E-state index in [0.717, 1.165) is 5.75 Å². The summed E-state index contributed by atoms with van der Waals surface area (Å²) < 4.78 is 5.16. The Balaban J connectivity index is 3.08. The third-order valence-electron chi connectivity index (χ3n) is 2.32. The van der Waals surface area contributed by atoms with Crippen molar-refractivity contribution in [2.75, 3.05) is 7.11 Å². The highest BCUT2D eigenvalue weighted by molar-refractivity contribution is 5.35. The van der Waals surface area contributed by atoms with Gasteiger partial charge in [0.1, 0.15) is 5.75 Å². The number of hydrogen-bond acceptors (Lipinski definition) is 1. The molecule has 0 amide bonds. The smallest absolute Gasteiger partial charge is 0.119 e. The topological polar surface area (TPSA) is 9.23 Å². The fraction of sp³-hybridized carbons (Fsp3) is 0.333. The molecule has 0 aliphatic rings. The van der Waals surface area contributed by atoms with Crippen LogP contribution in [0.5, 0.6) is 5.75 Å². The second-order valence-electron chi connectivity index (χ2n) is 3.66. The van der Waals surface area contributed by atoms with Crippen LogP contribution < -0.4 is 4.74 Å². The molecule has 0 aliphatic heterocycles. The van der Waals surface area contributed by atoms with Crippen LogP contribution in [0.4, 0.5) is 0 Å². The molecule has 0 radical (unpaired) electrons. The van der Waals surface area contributed by atoms with E-state index in [1.165, 1.54) is 5.56 Å². The Morgan fingerprint density at radius 2 is 2.08 bits per heavy atom. The van der Waals surface area contributed by atoms with E-state index in [9.17, 15) is 0 Å². The van der Waals surface area contributed by atoms with Crippen LogP contribution in [0, 0.1) is 0 Å². The van der Waals surface area contributed by atoms with Gasteiger partial charge in [0.25, 0.3) is 0 Å². The minimum atomic E-state index is 0.00847. The summed E-state index contributed by atoms with van der Waals surface area (Å²) in [6, 6.07) is 8.08. The first-order valence-electron chi connectivity index (χ1n) is 4.38. The van der Waals surface area contributed by atoms with Gasteiger partial charge in [0.2, 0.25) is 0 Å². The minimum Gasteiger partial charge on any atom is -0.497 e. The molecule has 1 nitrogen and oxygen atoms in total. The van der Waals surface area contributed by atoms with E-state index in [-0.39, 0.29) is 5.41 Å². The molecule has 0 atom stereocenters. The maximum absolute atomic E-state index is 5.16. The van der Waals surface area contributed by atoms with E-state index in [0.29, 0.717) is 0 Å². The number of benzene rings is 1. The maximum atomic E-state index is 5.16. The molecule has 0 spiro atoms. The van der Waals surface area contributed by atoms with Crippen molar-refractivity contribution in [3.63, 3.8) is 0 Å². The molecule has 0 N–H and O–H groups in total. The van der Waals surface area contributed by atoms with Gasteiger partial charge in [0.05, 0.1) is 7.11 Å². The Kier molecular flexibility index (Phi) is 2.76. The van der Waals surface area contributed by atoms with Crippen molar-refractivity contribution in [1.82, 2.24) is 0 Å². The fourth-order valence-electron chi connectivity index (χ4n) is 1.14. The van der Waals surface area contributed by atoms with E-state index in [2.05, 4.69) is 26.5 Å². The SMILES string of the molecule is C=CC(C)(C)c1cccc(OC)c1. The van der Waals surface area contributed by atoms with E-state index >= 15 is 0 Å². The van der Waals surface area contributed by atoms with Crippen molar-refractivity contribution < 1.29 is 4.74 Å². The van der Waals surface area contributed by atoms with Crippen LogP contribution in [0.2, 0.25) is 0 Å². The zero-order valence-corrected chi connectivity index (χ0v) is 8.50. The predicted octanol–water partition coefficient (Wildman–Crippen LogP) is 3.16. The zero-order valence-electron chi connectivity index (χ0n) is 8.50. The number of rotatable bonds is 3. The Morgan fingerprint density at radius 1 is 1.38 bits per heavy atom. The molecule has 1 rings (SSSR count). The quantitative estimate of drug-likeness (QED) is 0.643. The van der Waals surface area contributed by atoms with Crippen LogP contribution in [-0.2, 0) is 5.41 Å². The first kappa shape index (κ1) is 9.85. The summed E-state index contributed by atoms with van der Waals surface area (Å²) in [4.78, 5) is 0. The lowest BCUT2D eigenvalue weighted by atomic mass is 9.85. The molecular weight excluding hydrogens is 160 g/mol. The highest BCUT2D eigenvalue weighted by Gasteiger charge is 2.15. The lowest BCUT2D eigenvalue weighted by Crippen LogP contribution is -2.12. The van der Waals surface area contributed by atoms with Crippen molar-refractivity contribution in [2.24, 2.45) is 0 Å². The molecule has 1 heteroatoms. The van der Waals surface area contributed by atoms with Crippen LogP contribution >= 0.6 is 0 Å². The molecule has 0 heterocycles. The molecule has 70 valence electrons. The molecule has 1 aromatic carbocycles. The van der Waals surface area contributed by atoms with Crippen LogP contribution in [0.15, 0.2) is 36.9 Å². The largest absolute Gasteiger partial charge is 0.497 e. The van der Waals surface area contributed by atoms with Crippen molar-refractivity contribution >= 4 is 0 Å². The van der Waals surface area contributed by atoms with Gasteiger partial charge in [0, 0.05) is 5.41 Å². The van der Waals surface area contributed by atoms with Gasteiger partial charge in [0.15, 0.2) is 0 Å². The van der Waals surface area contributed by atoms with Crippen molar-refractivity contribution in [3.8, 4) is 5.75 Å². The standard InChI is InChI=1S/C12H16O/c1-5-12(2,3)10-7-6-8-11(9-10)13-4/h5-9H,1H2,2-4H3. The monoisotopic (exact) mass is 176 g/mol. The van der Waals surface area contributed by atoms with Crippen molar-refractivity contribution in [1.29, 1.82) is 0 Å². The number of allylic oxidation sites excluding steroid dienone is 1. The fourth-order valence-corrected chi connectivity index (χ4v) is 1.14. The van der Waals surface area contributed by atoms with Gasteiger partial charge in [-0.25, -0.2) is 0 Å². The van der Waals surface area contributed by atoms with Crippen LogP contribution in [-0.4, -0.2) is 7.11 Å². The second kappa shape index (κ2) is 3.65. The van der Waals surface area contributed by atoms with Crippen LogP contribution in [0.3, 0.4) is 0 Å².